The summed E-state index contributed by atoms with van der Waals surface area (Å²) in [5, 5.41) is 1.16. The van der Waals surface area contributed by atoms with Crippen molar-refractivity contribution in [2.24, 2.45) is 0 Å². The first-order valence-electron chi connectivity index (χ1n) is 7.86. The number of nitrogens with zero attached hydrogens (tertiary/aromatic N) is 2. The number of nitrogens with one attached hydrogen (secondary N) is 1. The number of urea groups is 1. The summed E-state index contributed by atoms with van der Waals surface area (Å²) in [5.74, 6) is -0.0466. The molecule has 0 spiro atoms. The summed E-state index contributed by atoms with van der Waals surface area (Å²) in [4.78, 5) is 31.8. The molecule has 22 heavy (non-hydrogen) atoms. The Kier molecular flexibility index (Phi) is 2.79. The zero-order valence-corrected chi connectivity index (χ0v) is 12.8. The molecular formula is C17H19N3O2. The number of para-hydroxylation sites is 1. The molecule has 1 N–H and O–H groups in total. The van der Waals surface area contributed by atoms with E-state index in [1.54, 1.807) is 4.90 Å². The molecule has 2 aliphatic heterocycles. The largest absolute Gasteiger partial charge is 0.356 e. The minimum atomic E-state index is -0.347. The van der Waals surface area contributed by atoms with Crippen LogP contribution < -0.4 is 0 Å². The summed E-state index contributed by atoms with van der Waals surface area (Å²) in [7, 11) is 0. The minimum absolute atomic E-state index is 0.0466. The Balaban J connectivity index is 1.82. The van der Waals surface area contributed by atoms with Crippen molar-refractivity contribution >= 4 is 22.8 Å². The van der Waals surface area contributed by atoms with Crippen LogP contribution in [0.2, 0.25) is 0 Å². The van der Waals surface area contributed by atoms with E-state index in [4.69, 9.17) is 0 Å². The molecule has 0 bridgehead atoms. The molecule has 0 unspecified atom stereocenters. The van der Waals surface area contributed by atoms with E-state index in [0.29, 0.717) is 13.0 Å². The van der Waals surface area contributed by atoms with E-state index in [1.165, 1.54) is 10.5 Å². The highest BCUT2D eigenvalue weighted by Crippen LogP contribution is 2.40. The number of hydrogen-bond donors (Lipinski definition) is 1. The van der Waals surface area contributed by atoms with Crippen LogP contribution in [-0.2, 0) is 11.2 Å². The second kappa shape index (κ2) is 4.60. The van der Waals surface area contributed by atoms with E-state index >= 15 is 0 Å². The third-order valence-corrected chi connectivity index (χ3v) is 4.87. The molecule has 3 heterocycles. The smallest absolute Gasteiger partial charge is 0.328 e. The number of aromatic nitrogens is 1. The number of fused-ring (bicyclic) bond motifs is 4. The lowest BCUT2D eigenvalue weighted by atomic mass is 9.93. The van der Waals surface area contributed by atoms with Gasteiger partial charge in [0.2, 0.25) is 0 Å². The van der Waals surface area contributed by atoms with Crippen molar-refractivity contribution in [1.29, 1.82) is 0 Å². The first-order chi connectivity index (χ1) is 10.6. The van der Waals surface area contributed by atoms with Gasteiger partial charge in [-0.1, -0.05) is 25.1 Å². The molecule has 0 aliphatic carbocycles. The molecule has 2 aromatic rings. The van der Waals surface area contributed by atoms with Gasteiger partial charge in [0.05, 0.1) is 6.04 Å². The Labute approximate surface area is 128 Å². The van der Waals surface area contributed by atoms with Crippen LogP contribution in [-0.4, -0.2) is 39.3 Å². The molecule has 5 heteroatoms. The average Bonchev–Trinajstić information content (AvgIpc) is 3.00. The van der Waals surface area contributed by atoms with Crippen molar-refractivity contribution in [1.82, 2.24) is 14.8 Å². The maximum absolute atomic E-state index is 12.6. The van der Waals surface area contributed by atoms with E-state index in [2.05, 4.69) is 11.1 Å². The number of carbonyl (C=O) groups is 2. The third kappa shape index (κ3) is 1.59. The number of aromatic amines is 1. The van der Waals surface area contributed by atoms with E-state index in [-0.39, 0.29) is 24.0 Å². The molecule has 0 saturated carbocycles. The number of benzene rings is 1. The Morgan fingerprint density at radius 1 is 1.27 bits per heavy atom. The lowest BCUT2D eigenvalue weighted by molar-refractivity contribution is -0.128. The summed E-state index contributed by atoms with van der Waals surface area (Å²) in [6.45, 7) is 4.49. The molecule has 1 fully saturated rings. The summed E-state index contributed by atoms with van der Waals surface area (Å²) in [6.07, 6.45) is 1.40. The first-order valence-corrected chi connectivity index (χ1v) is 7.86. The van der Waals surface area contributed by atoms with Gasteiger partial charge in [0.25, 0.3) is 5.91 Å². The number of H-pyrrole nitrogens is 1. The van der Waals surface area contributed by atoms with E-state index < -0.39 is 0 Å². The van der Waals surface area contributed by atoms with Crippen molar-refractivity contribution in [3.63, 3.8) is 0 Å². The van der Waals surface area contributed by atoms with Gasteiger partial charge in [0.15, 0.2) is 0 Å². The van der Waals surface area contributed by atoms with E-state index in [9.17, 15) is 9.59 Å². The highest BCUT2D eigenvalue weighted by molar-refractivity contribution is 6.05. The van der Waals surface area contributed by atoms with Gasteiger partial charge in [-0.05, 0) is 25.0 Å². The normalized spacial score (nSPS) is 24.1. The molecule has 0 radical (unpaired) electrons. The third-order valence-electron chi connectivity index (χ3n) is 4.87. The molecule has 114 valence electrons. The second-order valence-electron chi connectivity index (χ2n) is 6.14. The fraction of sp³-hybridized carbons (Fsp3) is 0.412. The molecule has 3 amide bonds. The summed E-state index contributed by atoms with van der Waals surface area (Å²) >= 11 is 0. The molecule has 1 aromatic heterocycles. The van der Waals surface area contributed by atoms with Crippen LogP contribution in [0.5, 0.6) is 0 Å². The number of carbonyl (C=O) groups excluding carboxylic acids is 2. The van der Waals surface area contributed by atoms with Crippen molar-refractivity contribution < 1.29 is 9.59 Å². The molecule has 1 saturated heterocycles. The van der Waals surface area contributed by atoms with Crippen LogP contribution in [0.1, 0.15) is 37.6 Å². The highest BCUT2D eigenvalue weighted by atomic mass is 16.2. The van der Waals surface area contributed by atoms with Gasteiger partial charge < -0.3 is 9.88 Å². The van der Waals surface area contributed by atoms with Gasteiger partial charge >= 0.3 is 6.03 Å². The summed E-state index contributed by atoms with van der Waals surface area (Å²) < 4.78 is 0. The maximum Gasteiger partial charge on any atom is 0.328 e. The Bertz CT molecular complexity index is 779. The quantitative estimate of drug-likeness (QED) is 0.867. The fourth-order valence-electron chi connectivity index (χ4n) is 3.85. The number of rotatable bonds is 2. The average molecular weight is 297 g/mol. The van der Waals surface area contributed by atoms with Gasteiger partial charge in [-0.2, -0.15) is 0 Å². The molecule has 1 aromatic carbocycles. The van der Waals surface area contributed by atoms with Crippen LogP contribution in [0, 0.1) is 0 Å². The number of amides is 3. The van der Waals surface area contributed by atoms with Gasteiger partial charge in [0.1, 0.15) is 6.04 Å². The zero-order chi connectivity index (χ0) is 15.4. The number of imide groups is 1. The van der Waals surface area contributed by atoms with Crippen LogP contribution >= 0.6 is 0 Å². The maximum atomic E-state index is 12.6. The van der Waals surface area contributed by atoms with Crippen molar-refractivity contribution in [2.75, 3.05) is 6.54 Å². The van der Waals surface area contributed by atoms with Gasteiger partial charge in [-0.3, -0.25) is 9.69 Å². The second-order valence-corrected chi connectivity index (χ2v) is 6.14. The fourth-order valence-corrected chi connectivity index (χ4v) is 3.85. The van der Waals surface area contributed by atoms with Crippen LogP contribution in [0.15, 0.2) is 24.3 Å². The Morgan fingerprint density at radius 3 is 2.82 bits per heavy atom. The summed E-state index contributed by atoms with van der Waals surface area (Å²) in [6, 6.07) is 7.54. The monoisotopic (exact) mass is 297 g/mol. The van der Waals surface area contributed by atoms with E-state index in [0.717, 1.165) is 23.0 Å². The predicted molar refractivity (Wildman–Crippen MR) is 83.4 cm³/mol. The lowest BCUT2D eigenvalue weighted by Crippen LogP contribution is -2.42. The van der Waals surface area contributed by atoms with Crippen LogP contribution in [0.25, 0.3) is 10.9 Å². The summed E-state index contributed by atoms with van der Waals surface area (Å²) in [5.41, 5.74) is 3.33. The topological polar surface area (TPSA) is 56.4 Å². The molecule has 2 atom stereocenters. The lowest BCUT2D eigenvalue weighted by Gasteiger charge is -2.33. The van der Waals surface area contributed by atoms with Crippen LogP contribution in [0.3, 0.4) is 0 Å². The highest BCUT2D eigenvalue weighted by Gasteiger charge is 2.50. The predicted octanol–water partition coefficient (Wildman–Crippen LogP) is 2.83. The van der Waals surface area contributed by atoms with Crippen LogP contribution in [0.4, 0.5) is 4.79 Å². The standard InChI is InChI=1S/C17H19N3O2/c1-3-8-19-16(21)14-9-12-11-6-4-5-7-13(11)18-15(12)10(2)20(14)17(19)22/h4-7,10,14,18H,3,8-9H2,1-2H3/t10-,14+/m0/s1. The molecular weight excluding hydrogens is 278 g/mol. The van der Waals surface area contributed by atoms with Crippen molar-refractivity contribution in [3.8, 4) is 0 Å². The molecule has 2 aliphatic rings. The van der Waals surface area contributed by atoms with Crippen molar-refractivity contribution in [2.45, 2.75) is 38.8 Å². The van der Waals surface area contributed by atoms with Gasteiger partial charge in [-0.15, -0.1) is 0 Å². The zero-order valence-electron chi connectivity index (χ0n) is 12.8. The Morgan fingerprint density at radius 2 is 2.05 bits per heavy atom. The Hall–Kier alpha value is -2.30. The van der Waals surface area contributed by atoms with Gasteiger partial charge in [-0.25, -0.2) is 4.79 Å². The van der Waals surface area contributed by atoms with E-state index in [1.807, 2.05) is 32.0 Å². The molecule has 4 rings (SSSR count). The SMILES string of the molecule is CCCN1C(=O)[C@H]2Cc3c([nH]c4ccccc34)[C@H](C)N2C1=O. The first kappa shape index (κ1) is 13.4. The van der Waals surface area contributed by atoms with Gasteiger partial charge in [0, 0.05) is 29.6 Å². The number of hydrogen-bond acceptors (Lipinski definition) is 2. The minimum Gasteiger partial charge on any atom is -0.356 e. The molecule has 5 nitrogen and oxygen atoms in total. The van der Waals surface area contributed by atoms with Crippen molar-refractivity contribution in [3.05, 3.63) is 35.5 Å².